The van der Waals surface area contributed by atoms with Gasteiger partial charge in [-0.3, -0.25) is 14.4 Å². The number of hydrogen-bond donors (Lipinski definition) is 2. The normalized spacial score (nSPS) is 10.2. The lowest BCUT2D eigenvalue weighted by molar-refractivity contribution is -0.147. The maximum Gasteiger partial charge on any atom is 0.303 e. The molecule has 6 nitrogen and oxygen atoms in total. The second kappa shape index (κ2) is 8.55. The van der Waals surface area contributed by atoms with Crippen LogP contribution in [0.1, 0.15) is 45.4 Å². The second-order valence-electron chi connectivity index (χ2n) is 3.80. The third-order valence-electron chi connectivity index (χ3n) is 2.17. The van der Waals surface area contributed by atoms with Gasteiger partial charge < -0.3 is 14.9 Å². The van der Waals surface area contributed by atoms with E-state index in [0.717, 1.165) is 0 Å². The van der Waals surface area contributed by atoms with Gasteiger partial charge in [-0.15, -0.1) is 0 Å². The smallest absolute Gasteiger partial charge is 0.303 e. The minimum absolute atomic E-state index is 0.0245. The molecule has 0 aromatic carbocycles. The summed E-state index contributed by atoms with van der Waals surface area (Å²) in [7, 11) is 0. The van der Waals surface area contributed by atoms with Gasteiger partial charge in [0.25, 0.3) is 0 Å². The van der Waals surface area contributed by atoms with Crippen LogP contribution in [0.15, 0.2) is 0 Å². The molecule has 17 heavy (non-hydrogen) atoms. The second-order valence-corrected chi connectivity index (χ2v) is 3.80. The Balaban J connectivity index is 3.91. The predicted octanol–water partition coefficient (Wildman–Crippen LogP) is 1.43. The van der Waals surface area contributed by atoms with Gasteiger partial charge in [-0.1, -0.05) is 0 Å². The molecule has 0 saturated heterocycles. The lowest BCUT2D eigenvalue weighted by Crippen LogP contribution is -2.17. The summed E-state index contributed by atoms with van der Waals surface area (Å²) >= 11 is 0. The molecule has 0 atom stereocenters. The molecular weight excluding hydrogens is 228 g/mol. The van der Waals surface area contributed by atoms with E-state index in [9.17, 15) is 14.4 Å². The highest BCUT2D eigenvalue weighted by Crippen LogP contribution is 2.13. The van der Waals surface area contributed by atoms with E-state index in [-0.39, 0.29) is 18.9 Å². The van der Waals surface area contributed by atoms with Crippen molar-refractivity contribution in [1.82, 2.24) is 0 Å². The van der Waals surface area contributed by atoms with Gasteiger partial charge in [0.15, 0.2) is 0 Å². The Kier molecular flexibility index (Phi) is 7.75. The van der Waals surface area contributed by atoms with E-state index in [2.05, 4.69) is 0 Å². The summed E-state index contributed by atoms with van der Waals surface area (Å²) in [6.07, 6.45) is 1.40. The zero-order chi connectivity index (χ0) is 13.3. The predicted molar refractivity (Wildman–Crippen MR) is 58.5 cm³/mol. The molecule has 0 aliphatic carbocycles. The SMILES string of the molecule is CC(=O)OC(CCCC(=O)O)CCCC(=O)O. The molecule has 0 rings (SSSR count). The molecule has 0 unspecified atom stereocenters. The van der Waals surface area contributed by atoms with Crippen LogP contribution in [-0.2, 0) is 19.1 Å². The standard InChI is InChI=1S/C11H18O6/c1-8(12)17-9(4-2-6-10(13)14)5-3-7-11(15)16/h9H,2-7H2,1H3,(H,13,14)(H,15,16). The van der Waals surface area contributed by atoms with Gasteiger partial charge in [-0.2, -0.15) is 0 Å². The summed E-state index contributed by atoms with van der Waals surface area (Å²) in [5, 5.41) is 16.9. The quantitative estimate of drug-likeness (QED) is 0.597. The van der Waals surface area contributed by atoms with Crippen LogP contribution in [0.25, 0.3) is 0 Å². The number of carboxylic acids is 2. The Bertz CT molecular complexity index is 253. The first kappa shape index (κ1) is 15.4. The number of hydrogen-bond acceptors (Lipinski definition) is 4. The molecule has 98 valence electrons. The fraction of sp³-hybridized carbons (Fsp3) is 0.727. The molecule has 2 N–H and O–H groups in total. The van der Waals surface area contributed by atoms with Crippen molar-refractivity contribution in [3.8, 4) is 0 Å². The molecular formula is C11H18O6. The van der Waals surface area contributed by atoms with E-state index in [1.54, 1.807) is 0 Å². The minimum atomic E-state index is -0.892. The molecule has 0 aromatic heterocycles. The minimum Gasteiger partial charge on any atom is -0.481 e. The van der Waals surface area contributed by atoms with Gasteiger partial charge >= 0.3 is 17.9 Å². The Morgan fingerprint density at radius 3 is 1.71 bits per heavy atom. The molecule has 0 radical (unpaired) electrons. The van der Waals surface area contributed by atoms with E-state index < -0.39 is 17.9 Å². The summed E-state index contributed by atoms with van der Waals surface area (Å²) in [5.41, 5.74) is 0. The molecule has 0 aromatic rings. The van der Waals surface area contributed by atoms with Gasteiger partial charge in [-0.05, 0) is 25.7 Å². The van der Waals surface area contributed by atoms with Gasteiger partial charge in [0.05, 0.1) is 0 Å². The number of aliphatic carboxylic acids is 2. The van der Waals surface area contributed by atoms with Crippen LogP contribution in [0.3, 0.4) is 0 Å². The van der Waals surface area contributed by atoms with Gasteiger partial charge in [0.2, 0.25) is 0 Å². The Labute approximate surface area is 99.6 Å². The first-order valence-corrected chi connectivity index (χ1v) is 5.52. The maximum absolute atomic E-state index is 10.8. The fourth-order valence-electron chi connectivity index (χ4n) is 1.46. The van der Waals surface area contributed by atoms with Crippen LogP contribution < -0.4 is 0 Å². The lowest BCUT2D eigenvalue weighted by Gasteiger charge is -2.15. The molecule has 6 heteroatoms. The lowest BCUT2D eigenvalue weighted by atomic mass is 10.1. The summed E-state index contributed by atoms with van der Waals surface area (Å²) in [4.78, 5) is 31.4. The molecule has 0 aliphatic heterocycles. The third kappa shape index (κ3) is 10.7. The molecule has 0 aliphatic rings. The summed E-state index contributed by atoms with van der Waals surface area (Å²) in [5.74, 6) is -2.21. The van der Waals surface area contributed by atoms with Crippen LogP contribution >= 0.6 is 0 Å². The highest BCUT2D eigenvalue weighted by Gasteiger charge is 2.13. The van der Waals surface area contributed by atoms with Crippen molar-refractivity contribution in [2.24, 2.45) is 0 Å². The van der Waals surface area contributed by atoms with Crippen LogP contribution in [0.4, 0.5) is 0 Å². The van der Waals surface area contributed by atoms with Crippen molar-refractivity contribution in [2.45, 2.75) is 51.6 Å². The van der Waals surface area contributed by atoms with E-state index in [4.69, 9.17) is 14.9 Å². The number of carbonyl (C=O) groups is 3. The van der Waals surface area contributed by atoms with Crippen LogP contribution in [0.2, 0.25) is 0 Å². The average Bonchev–Trinajstić information content (AvgIpc) is 2.15. The van der Waals surface area contributed by atoms with Crippen molar-refractivity contribution in [3.63, 3.8) is 0 Å². The van der Waals surface area contributed by atoms with E-state index >= 15 is 0 Å². The third-order valence-corrected chi connectivity index (χ3v) is 2.17. The zero-order valence-electron chi connectivity index (χ0n) is 9.85. The number of esters is 1. The topological polar surface area (TPSA) is 101 Å². The Hall–Kier alpha value is -1.59. The molecule has 0 amide bonds. The van der Waals surface area contributed by atoms with Crippen molar-refractivity contribution < 1.29 is 29.3 Å². The molecule has 0 heterocycles. The maximum atomic E-state index is 10.8. The molecule has 0 spiro atoms. The van der Waals surface area contributed by atoms with E-state index in [0.29, 0.717) is 25.7 Å². The van der Waals surface area contributed by atoms with Crippen LogP contribution in [0, 0.1) is 0 Å². The van der Waals surface area contributed by atoms with Crippen molar-refractivity contribution >= 4 is 17.9 Å². The highest BCUT2D eigenvalue weighted by atomic mass is 16.5. The number of carbonyl (C=O) groups excluding carboxylic acids is 1. The van der Waals surface area contributed by atoms with E-state index in [1.807, 2.05) is 0 Å². The largest absolute Gasteiger partial charge is 0.481 e. The number of rotatable bonds is 9. The van der Waals surface area contributed by atoms with Gasteiger partial charge in [0.1, 0.15) is 6.10 Å². The highest BCUT2D eigenvalue weighted by molar-refractivity contribution is 5.67. The number of ether oxygens (including phenoxy) is 1. The van der Waals surface area contributed by atoms with Crippen LogP contribution in [-0.4, -0.2) is 34.2 Å². The summed E-state index contributed by atoms with van der Waals surface area (Å²) in [6, 6.07) is 0. The Morgan fingerprint density at radius 1 is 1.00 bits per heavy atom. The first-order valence-electron chi connectivity index (χ1n) is 5.52. The van der Waals surface area contributed by atoms with Crippen molar-refractivity contribution in [1.29, 1.82) is 0 Å². The summed E-state index contributed by atoms with van der Waals surface area (Å²) < 4.78 is 4.99. The number of carboxylic acid groups (broad SMARTS) is 2. The van der Waals surface area contributed by atoms with Crippen molar-refractivity contribution in [2.75, 3.05) is 0 Å². The zero-order valence-corrected chi connectivity index (χ0v) is 9.85. The van der Waals surface area contributed by atoms with Gasteiger partial charge in [-0.25, -0.2) is 0 Å². The fourth-order valence-corrected chi connectivity index (χ4v) is 1.46. The molecule has 0 saturated carbocycles. The summed E-state index contributed by atoms with van der Waals surface area (Å²) in [6.45, 7) is 1.28. The van der Waals surface area contributed by atoms with Crippen molar-refractivity contribution in [3.05, 3.63) is 0 Å². The first-order chi connectivity index (χ1) is 7.91. The molecule has 0 fully saturated rings. The molecule has 0 bridgehead atoms. The average molecular weight is 246 g/mol. The van der Waals surface area contributed by atoms with Crippen LogP contribution in [0.5, 0.6) is 0 Å². The van der Waals surface area contributed by atoms with Gasteiger partial charge in [0, 0.05) is 19.8 Å². The monoisotopic (exact) mass is 246 g/mol. The Morgan fingerprint density at radius 2 is 1.41 bits per heavy atom. The van der Waals surface area contributed by atoms with E-state index in [1.165, 1.54) is 6.92 Å².